The standard InChI is InChI=1S/C23H25N5O2S/c29-23(19-5-3-18(4-6-19)20-2-1-17-31-20)28-11-9-26(10-12-28)21-7-8-22(25-24-21)27-13-15-30-16-14-27/h1-8,17H,9-16H2. The Morgan fingerprint density at radius 1 is 0.806 bits per heavy atom. The molecule has 7 nitrogen and oxygen atoms in total. The molecule has 0 aliphatic carbocycles. The number of hydrogen-bond acceptors (Lipinski definition) is 7. The van der Waals surface area contributed by atoms with Gasteiger partial charge in [-0.1, -0.05) is 18.2 Å². The monoisotopic (exact) mass is 435 g/mol. The fourth-order valence-corrected chi connectivity index (χ4v) is 4.72. The van der Waals surface area contributed by atoms with E-state index in [4.69, 9.17) is 4.74 Å². The lowest BCUT2D eigenvalue weighted by Crippen LogP contribution is -2.49. The topological polar surface area (TPSA) is 61.8 Å². The minimum atomic E-state index is 0.0890. The molecule has 0 N–H and O–H groups in total. The number of rotatable bonds is 4. The van der Waals surface area contributed by atoms with Crippen molar-refractivity contribution >= 4 is 28.9 Å². The van der Waals surface area contributed by atoms with Crippen molar-refractivity contribution in [3.8, 4) is 10.4 Å². The average molecular weight is 436 g/mol. The van der Waals surface area contributed by atoms with E-state index in [1.54, 1.807) is 11.3 Å². The fourth-order valence-electron chi connectivity index (χ4n) is 3.99. The number of anilines is 2. The zero-order chi connectivity index (χ0) is 21.0. The number of aromatic nitrogens is 2. The third-order valence-corrected chi connectivity index (χ3v) is 6.72. The van der Waals surface area contributed by atoms with Crippen LogP contribution in [0.5, 0.6) is 0 Å². The maximum atomic E-state index is 12.9. The summed E-state index contributed by atoms with van der Waals surface area (Å²) in [7, 11) is 0. The molecule has 0 radical (unpaired) electrons. The molecule has 8 heteroatoms. The van der Waals surface area contributed by atoms with Gasteiger partial charge in [0.1, 0.15) is 0 Å². The van der Waals surface area contributed by atoms with E-state index in [-0.39, 0.29) is 5.91 Å². The zero-order valence-electron chi connectivity index (χ0n) is 17.3. The number of piperazine rings is 1. The molecule has 1 aromatic carbocycles. The maximum absolute atomic E-state index is 12.9. The second-order valence-corrected chi connectivity index (χ2v) is 8.63. The Morgan fingerprint density at radius 3 is 2.03 bits per heavy atom. The number of carbonyl (C=O) groups is 1. The summed E-state index contributed by atoms with van der Waals surface area (Å²) < 4.78 is 5.39. The van der Waals surface area contributed by atoms with E-state index in [2.05, 4.69) is 31.4 Å². The molecule has 0 bridgehead atoms. The first-order chi connectivity index (χ1) is 15.3. The second-order valence-electron chi connectivity index (χ2n) is 7.68. The molecule has 5 rings (SSSR count). The predicted molar refractivity (Wildman–Crippen MR) is 123 cm³/mol. The third-order valence-electron chi connectivity index (χ3n) is 5.80. The van der Waals surface area contributed by atoms with Crippen LogP contribution in [0.15, 0.2) is 53.9 Å². The lowest BCUT2D eigenvalue weighted by Gasteiger charge is -2.35. The van der Waals surface area contributed by atoms with Crippen LogP contribution in [0.25, 0.3) is 10.4 Å². The molecule has 2 saturated heterocycles. The second kappa shape index (κ2) is 9.03. The van der Waals surface area contributed by atoms with Crippen molar-refractivity contribution in [2.45, 2.75) is 0 Å². The van der Waals surface area contributed by atoms with Crippen molar-refractivity contribution in [3.05, 3.63) is 59.5 Å². The molecular formula is C23H25N5O2S. The van der Waals surface area contributed by atoms with Gasteiger partial charge in [-0.05, 0) is 41.3 Å². The molecule has 2 aliphatic rings. The van der Waals surface area contributed by atoms with Crippen LogP contribution < -0.4 is 9.80 Å². The summed E-state index contributed by atoms with van der Waals surface area (Å²) in [6.07, 6.45) is 0. The number of benzene rings is 1. The molecule has 2 fully saturated rings. The van der Waals surface area contributed by atoms with Gasteiger partial charge in [-0.3, -0.25) is 4.79 Å². The van der Waals surface area contributed by atoms with Crippen LogP contribution in [-0.2, 0) is 4.74 Å². The first-order valence-electron chi connectivity index (χ1n) is 10.6. The van der Waals surface area contributed by atoms with Crippen LogP contribution in [0.2, 0.25) is 0 Å². The largest absolute Gasteiger partial charge is 0.378 e. The first kappa shape index (κ1) is 20.0. The molecule has 4 heterocycles. The van der Waals surface area contributed by atoms with Gasteiger partial charge in [0.2, 0.25) is 0 Å². The molecule has 0 saturated carbocycles. The molecule has 3 aromatic rings. The Bertz CT molecular complexity index is 993. The number of thiophene rings is 1. The van der Waals surface area contributed by atoms with Gasteiger partial charge < -0.3 is 19.4 Å². The van der Waals surface area contributed by atoms with E-state index < -0.39 is 0 Å². The smallest absolute Gasteiger partial charge is 0.253 e. The summed E-state index contributed by atoms with van der Waals surface area (Å²) in [5.74, 6) is 1.85. The maximum Gasteiger partial charge on any atom is 0.253 e. The number of nitrogens with zero attached hydrogens (tertiary/aromatic N) is 5. The van der Waals surface area contributed by atoms with E-state index >= 15 is 0 Å². The van der Waals surface area contributed by atoms with Gasteiger partial charge in [0.25, 0.3) is 5.91 Å². The van der Waals surface area contributed by atoms with Crippen LogP contribution in [0.4, 0.5) is 11.6 Å². The number of amides is 1. The van der Waals surface area contributed by atoms with Crippen LogP contribution in [0.3, 0.4) is 0 Å². The van der Waals surface area contributed by atoms with Gasteiger partial charge >= 0.3 is 0 Å². The highest BCUT2D eigenvalue weighted by atomic mass is 32.1. The Kier molecular flexibility index (Phi) is 5.82. The molecule has 1 amide bonds. The molecule has 0 atom stereocenters. The summed E-state index contributed by atoms with van der Waals surface area (Å²) >= 11 is 1.71. The van der Waals surface area contributed by atoms with E-state index in [0.717, 1.165) is 62.2 Å². The molecule has 0 spiro atoms. The predicted octanol–water partition coefficient (Wildman–Crippen LogP) is 3.00. The van der Waals surface area contributed by atoms with Gasteiger partial charge in [0.05, 0.1) is 13.2 Å². The van der Waals surface area contributed by atoms with Crippen molar-refractivity contribution in [1.29, 1.82) is 0 Å². The van der Waals surface area contributed by atoms with E-state index in [9.17, 15) is 4.79 Å². The van der Waals surface area contributed by atoms with Gasteiger partial charge in [0.15, 0.2) is 11.6 Å². The minimum Gasteiger partial charge on any atom is -0.378 e. The zero-order valence-corrected chi connectivity index (χ0v) is 18.1. The van der Waals surface area contributed by atoms with Crippen LogP contribution in [-0.4, -0.2) is 73.5 Å². The molecule has 0 unspecified atom stereocenters. The van der Waals surface area contributed by atoms with Crippen molar-refractivity contribution in [3.63, 3.8) is 0 Å². The van der Waals surface area contributed by atoms with Gasteiger partial charge in [-0.15, -0.1) is 21.5 Å². The summed E-state index contributed by atoms with van der Waals surface area (Å²) in [4.78, 5) is 20.5. The van der Waals surface area contributed by atoms with E-state index in [0.29, 0.717) is 13.1 Å². The van der Waals surface area contributed by atoms with E-state index in [1.807, 2.05) is 47.4 Å². The number of morpholine rings is 1. The number of hydrogen-bond donors (Lipinski definition) is 0. The highest BCUT2D eigenvalue weighted by Crippen LogP contribution is 2.25. The number of ether oxygens (including phenoxy) is 1. The van der Waals surface area contributed by atoms with Gasteiger partial charge in [0, 0.05) is 49.7 Å². The summed E-state index contributed by atoms with van der Waals surface area (Å²) in [6.45, 7) is 6.03. The van der Waals surface area contributed by atoms with Crippen LogP contribution in [0, 0.1) is 0 Å². The normalized spacial score (nSPS) is 17.1. The first-order valence-corrected chi connectivity index (χ1v) is 11.5. The molecule has 31 heavy (non-hydrogen) atoms. The summed E-state index contributed by atoms with van der Waals surface area (Å²) in [5, 5.41) is 10.9. The van der Waals surface area contributed by atoms with Gasteiger partial charge in [-0.25, -0.2) is 0 Å². The molecule has 2 aliphatic heterocycles. The van der Waals surface area contributed by atoms with Crippen molar-refractivity contribution in [1.82, 2.24) is 15.1 Å². The highest BCUT2D eigenvalue weighted by molar-refractivity contribution is 7.13. The Morgan fingerprint density at radius 2 is 1.45 bits per heavy atom. The van der Waals surface area contributed by atoms with E-state index in [1.165, 1.54) is 4.88 Å². The lowest BCUT2D eigenvalue weighted by molar-refractivity contribution is 0.0746. The molecular weight excluding hydrogens is 410 g/mol. The Hall–Kier alpha value is -2.97. The summed E-state index contributed by atoms with van der Waals surface area (Å²) in [6, 6.07) is 16.1. The SMILES string of the molecule is O=C(c1ccc(-c2cccs2)cc1)N1CCN(c2ccc(N3CCOCC3)nn2)CC1. The van der Waals surface area contributed by atoms with Crippen molar-refractivity contribution in [2.24, 2.45) is 0 Å². The van der Waals surface area contributed by atoms with Crippen molar-refractivity contribution in [2.75, 3.05) is 62.3 Å². The molecule has 160 valence electrons. The van der Waals surface area contributed by atoms with Gasteiger partial charge in [-0.2, -0.15) is 0 Å². The number of carbonyl (C=O) groups excluding carboxylic acids is 1. The fraction of sp³-hybridized carbons (Fsp3) is 0.348. The summed E-state index contributed by atoms with van der Waals surface area (Å²) in [5.41, 5.74) is 1.89. The third kappa shape index (κ3) is 4.40. The van der Waals surface area contributed by atoms with Crippen LogP contribution >= 0.6 is 11.3 Å². The molecule has 2 aromatic heterocycles. The lowest BCUT2D eigenvalue weighted by atomic mass is 10.1. The minimum absolute atomic E-state index is 0.0890. The van der Waals surface area contributed by atoms with Crippen LogP contribution in [0.1, 0.15) is 10.4 Å². The highest BCUT2D eigenvalue weighted by Gasteiger charge is 2.23. The van der Waals surface area contributed by atoms with Crippen molar-refractivity contribution < 1.29 is 9.53 Å². The quantitative estimate of drug-likeness (QED) is 0.628. The Labute approximate surface area is 185 Å². The average Bonchev–Trinajstić information content (AvgIpc) is 3.40. The Balaban J connectivity index is 1.17.